The number of hydrogen-bond donors (Lipinski definition) is 0. The number of nitrogens with zero attached hydrogens (tertiary/aromatic N) is 4. The largest absolute Gasteiger partial charge is 0.309 e. The van der Waals surface area contributed by atoms with Crippen LogP contribution < -0.4 is 0 Å². The van der Waals surface area contributed by atoms with Gasteiger partial charge in [-0.25, -0.2) is 0 Å². The van der Waals surface area contributed by atoms with Gasteiger partial charge in [-0.05, 0) is 51.1 Å². The lowest BCUT2D eigenvalue weighted by atomic mass is 10.2. The van der Waals surface area contributed by atoms with Gasteiger partial charge >= 0.3 is 0 Å². The first kappa shape index (κ1) is 19.0. The fraction of sp³-hybridized carbons (Fsp3) is 0.444. The van der Waals surface area contributed by atoms with Crippen molar-refractivity contribution in [2.45, 2.75) is 12.8 Å². The van der Waals surface area contributed by atoms with Crippen molar-refractivity contribution in [3.8, 4) is 0 Å². The molecule has 0 fully saturated rings. The highest BCUT2D eigenvalue weighted by atomic mass is 32.1. The second-order valence-corrected chi connectivity index (χ2v) is 8.05. The fourth-order valence-electron chi connectivity index (χ4n) is 2.11. The summed E-state index contributed by atoms with van der Waals surface area (Å²) in [6, 6.07) is 8.39. The SMILES string of the molecule is CN(C)CC/C(=N/N=C(\CCN(C)C)c1cccs1)c1cccs1. The maximum absolute atomic E-state index is 4.65. The second kappa shape index (κ2) is 9.84. The molecule has 2 aromatic rings. The first-order valence-electron chi connectivity index (χ1n) is 8.07. The number of hydrogen-bond acceptors (Lipinski definition) is 6. The van der Waals surface area contributed by atoms with E-state index in [4.69, 9.17) is 0 Å². The van der Waals surface area contributed by atoms with Crippen LogP contribution >= 0.6 is 22.7 Å². The summed E-state index contributed by atoms with van der Waals surface area (Å²) in [7, 11) is 8.35. The number of rotatable bonds is 9. The van der Waals surface area contributed by atoms with Crippen LogP contribution in [0, 0.1) is 0 Å². The van der Waals surface area contributed by atoms with E-state index in [0.29, 0.717) is 0 Å². The van der Waals surface area contributed by atoms with Crippen molar-refractivity contribution in [2.24, 2.45) is 10.2 Å². The summed E-state index contributed by atoms with van der Waals surface area (Å²) in [6.45, 7) is 1.94. The molecule has 4 nitrogen and oxygen atoms in total. The Hall–Kier alpha value is -1.34. The molecule has 24 heavy (non-hydrogen) atoms. The Balaban J connectivity index is 2.24. The van der Waals surface area contributed by atoms with E-state index in [1.54, 1.807) is 22.7 Å². The van der Waals surface area contributed by atoms with Gasteiger partial charge in [0.1, 0.15) is 0 Å². The first-order chi connectivity index (χ1) is 11.6. The smallest absolute Gasteiger partial charge is 0.0815 e. The third-order valence-corrected chi connectivity index (χ3v) is 5.33. The maximum atomic E-state index is 4.65. The summed E-state index contributed by atoms with van der Waals surface area (Å²) in [6.07, 6.45) is 1.81. The molecule has 0 N–H and O–H groups in total. The average molecular weight is 363 g/mol. The monoisotopic (exact) mass is 362 g/mol. The molecule has 0 aliphatic rings. The molecule has 130 valence electrons. The van der Waals surface area contributed by atoms with E-state index in [1.165, 1.54) is 9.75 Å². The van der Waals surface area contributed by atoms with Gasteiger partial charge in [-0.3, -0.25) is 0 Å². The van der Waals surface area contributed by atoms with Gasteiger partial charge in [0.05, 0.1) is 21.2 Å². The molecule has 2 rings (SSSR count). The molecule has 0 aliphatic carbocycles. The third-order valence-electron chi connectivity index (χ3n) is 3.49. The van der Waals surface area contributed by atoms with Crippen LogP contribution in [0.3, 0.4) is 0 Å². The summed E-state index contributed by atoms with van der Waals surface area (Å²) in [5.74, 6) is 0. The summed E-state index contributed by atoms with van der Waals surface area (Å²) in [4.78, 5) is 6.77. The van der Waals surface area contributed by atoms with E-state index in [9.17, 15) is 0 Å². The third kappa shape index (κ3) is 6.28. The van der Waals surface area contributed by atoms with Gasteiger partial charge in [0.2, 0.25) is 0 Å². The minimum atomic E-state index is 0.905. The minimum Gasteiger partial charge on any atom is -0.309 e. The van der Waals surface area contributed by atoms with E-state index < -0.39 is 0 Å². The van der Waals surface area contributed by atoms with Crippen molar-refractivity contribution in [2.75, 3.05) is 41.3 Å². The Morgan fingerprint density at radius 2 is 1.21 bits per heavy atom. The zero-order valence-corrected chi connectivity index (χ0v) is 16.5. The molecule has 0 atom stereocenters. The van der Waals surface area contributed by atoms with Crippen LogP contribution in [-0.4, -0.2) is 62.5 Å². The van der Waals surface area contributed by atoms with E-state index in [1.807, 2.05) is 0 Å². The predicted octanol–water partition coefficient (Wildman–Crippen LogP) is 3.91. The molecule has 6 heteroatoms. The molecule has 0 spiro atoms. The zero-order chi connectivity index (χ0) is 17.4. The van der Waals surface area contributed by atoms with Crippen LogP contribution in [0.1, 0.15) is 22.6 Å². The van der Waals surface area contributed by atoms with Crippen LogP contribution in [0.15, 0.2) is 45.2 Å². The summed E-state index contributed by atoms with van der Waals surface area (Å²) in [5, 5.41) is 13.5. The van der Waals surface area contributed by atoms with Crippen molar-refractivity contribution in [3.63, 3.8) is 0 Å². The van der Waals surface area contributed by atoms with Gasteiger partial charge < -0.3 is 9.80 Å². The standard InChI is InChI=1S/C18H26N4S2/c1-21(2)11-9-15(17-7-5-13-23-17)19-20-16(10-12-22(3)4)18-8-6-14-24-18/h5-8,13-14H,9-12H2,1-4H3/b19-15-,20-16+. The number of thiophene rings is 2. The molecule has 2 aromatic heterocycles. The van der Waals surface area contributed by atoms with Crippen LogP contribution in [0.25, 0.3) is 0 Å². The Labute approximate surface area is 153 Å². The normalized spacial score (nSPS) is 13.2. The molecule has 0 bridgehead atoms. The van der Waals surface area contributed by atoms with Gasteiger partial charge in [-0.1, -0.05) is 12.1 Å². The Morgan fingerprint density at radius 1 is 0.792 bits per heavy atom. The van der Waals surface area contributed by atoms with Crippen LogP contribution in [0.5, 0.6) is 0 Å². The molecule has 0 saturated heterocycles. The lowest BCUT2D eigenvalue weighted by molar-refractivity contribution is 0.421. The highest BCUT2D eigenvalue weighted by Crippen LogP contribution is 2.16. The minimum absolute atomic E-state index is 0.905. The molecule has 0 aliphatic heterocycles. The van der Waals surface area contributed by atoms with Gasteiger partial charge in [0.15, 0.2) is 0 Å². The summed E-state index contributed by atoms with van der Waals surface area (Å²) < 4.78 is 0. The Kier molecular flexibility index (Phi) is 7.78. The highest BCUT2D eigenvalue weighted by Gasteiger charge is 2.09. The summed E-state index contributed by atoms with van der Waals surface area (Å²) >= 11 is 3.45. The maximum Gasteiger partial charge on any atom is 0.0815 e. The van der Waals surface area contributed by atoms with Crippen molar-refractivity contribution < 1.29 is 0 Å². The van der Waals surface area contributed by atoms with E-state index in [2.05, 4.69) is 83.2 Å². The Bertz CT molecular complexity index is 582. The molecule has 2 heterocycles. The highest BCUT2D eigenvalue weighted by molar-refractivity contribution is 7.12. The van der Waals surface area contributed by atoms with Crippen LogP contribution in [-0.2, 0) is 0 Å². The second-order valence-electron chi connectivity index (χ2n) is 6.15. The van der Waals surface area contributed by atoms with E-state index >= 15 is 0 Å². The molecule has 0 amide bonds. The molecule has 0 aromatic carbocycles. The molecule has 0 unspecified atom stereocenters. The van der Waals surface area contributed by atoms with Gasteiger partial charge in [0.25, 0.3) is 0 Å². The van der Waals surface area contributed by atoms with E-state index in [-0.39, 0.29) is 0 Å². The van der Waals surface area contributed by atoms with Crippen molar-refractivity contribution in [3.05, 3.63) is 44.8 Å². The van der Waals surface area contributed by atoms with Crippen LogP contribution in [0.4, 0.5) is 0 Å². The van der Waals surface area contributed by atoms with Gasteiger partial charge in [-0.15, -0.1) is 22.7 Å². The molecular formula is C18H26N4S2. The fourth-order valence-corrected chi connectivity index (χ4v) is 3.59. The summed E-state index contributed by atoms with van der Waals surface area (Å²) in [5.41, 5.74) is 2.13. The van der Waals surface area contributed by atoms with E-state index in [0.717, 1.165) is 37.4 Å². The topological polar surface area (TPSA) is 31.2 Å². The van der Waals surface area contributed by atoms with Gasteiger partial charge in [-0.2, -0.15) is 10.2 Å². The van der Waals surface area contributed by atoms with Gasteiger partial charge in [0, 0.05) is 25.9 Å². The first-order valence-corrected chi connectivity index (χ1v) is 9.83. The molecule has 0 radical (unpaired) electrons. The quantitative estimate of drug-likeness (QED) is 0.500. The van der Waals surface area contributed by atoms with Crippen LogP contribution in [0.2, 0.25) is 0 Å². The van der Waals surface area contributed by atoms with Crippen molar-refractivity contribution in [1.29, 1.82) is 0 Å². The average Bonchev–Trinajstić information content (AvgIpc) is 3.22. The van der Waals surface area contributed by atoms with Crippen molar-refractivity contribution in [1.82, 2.24) is 9.80 Å². The lowest BCUT2D eigenvalue weighted by Gasteiger charge is -2.11. The van der Waals surface area contributed by atoms with Crippen molar-refractivity contribution >= 4 is 34.1 Å². The molecular weight excluding hydrogens is 336 g/mol. The predicted molar refractivity (Wildman–Crippen MR) is 108 cm³/mol. The Morgan fingerprint density at radius 3 is 1.50 bits per heavy atom. The molecule has 0 saturated carbocycles. The zero-order valence-electron chi connectivity index (χ0n) is 14.9. The lowest BCUT2D eigenvalue weighted by Crippen LogP contribution is -2.17.